The quantitative estimate of drug-likeness (QED) is 0.882. The fourth-order valence-corrected chi connectivity index (χ4v) is 3.49. The van der Waals surface area contributed by atoms with Crippen molar-refractivity contribution >= 4 is 11.8 Å². The van der Waals surface area contributed by atoms with Gasteiger partial charge in [0.1, 0.15) is 0 Å². The predicted molar refractivity (Wildman–Crippen MR) is 88.6 cm³/mol. The van der Waals surface area contributed by atoms with Gasteiger partial charge in [0, 0.05) is 31.5 Å². The second kappa shape index (κ2) is 7.13. The summed E-state index contributed by atoms with van der Waals surface area (Å²) in [5, 5.41) is 0. The van der Waals surface area contributed by atoms with E-state index < -0.39 is 0 Å². The van der Waals surface area contributed by atoms with Crippen LogP contribution in [-0.4, -0.2) is 53.8 Å². The second-order valence-electron chi connectivity index (χ2n) is 6.65. The number of nitrogens with two attached hydrogens (primary N) is 1. The molecule has 2 aliphatic heterocycles. The van der Waals surface area contributed by atoms with Crippen molar-refractivity contribution in [2.24, 2.45) is 11.7 Å². The van der Waals surface area contributed by atoms with Crippen molar-refractivity contribution in [3.05, 3.63) is 35.9 Å². The minimum absolute atomic E-state index is 0.0370. The van der Waals surface area contributed by atoms with Gasteiger partial charge in [-0.25, -0.2) is 0 Å². The molecule has 1 aromatic carbocycles. The molecule has 1 aromatic rings. The maximum Gasteiger partial charge on any atom is 0.223 e. The van der Waals surface area contributed by atoms with Gasteiger partial charge in [0.2, 0.25) is 11.8 Å². The van der Waals surface area contributed by atoms with E-state index in [9.17, 15) is 9.59 Å². The van der Waals surface area contributed by atoms with Gasteiger partial charge in [-0.2, -0.15) is 0 Å². The van der Waals surface area contributed by atoms with Crippen LogP contribution < -0.4 is 5.73 Å². The summed E-state index contributed by atoms with van der Waals surface area (Å²) in [6.45, 7) is 3.50. The highest BCUT2D eigenvalue weighted by atomic mass is 16.2. The van der Waals surface area contributed by atoms with Gasteiger partial charge in [-0.05, 0) is 37.9 Å². The van der Waals surface area contributed by atoms with Crippen molar-refractivity contribution in [2.45, 2.75) is 31.7 Å². The van der Waals surface area contributed by atoms with Crippen molar-refractivity contribution in [1.82, 2.24) is 9.80 Å². The lowest BCUT2D eigenvalue weighted by Gasteiger charge is -2.47. The molecule has 0 aliphatic carbocycles. The first kappa shape index (κ1) is 16.0. The Kier molecular flexibility index (Phi) is 4.96. The molecule has 5 nitrogen and oxygen atoms in total. The molecule has 0 saturated carbocycles. The third-order valence-electron chi connectivity index (χ3n) is 5.13. The fourth-order valence-electron chi connectivity index (χ4n) is 3.49. The Morgan fingerprint density at radius 1 is 1.09 bits per heavy atom. The molecule has 2 N–H and O–H groups in total. The van der Waals surface area contributed by atoms with Gasteiger partial charge in [-0.1, -0.05) is 30.3 Å². The van der Waals surface area contributed by atoms with Crippen LogP contribution in [0.4, 0.5) is 0 Å². The van der Waals surface area contributed by atoms with Gasteiger partial charge in [0.25, 0.3) is 0 Å². The standard InChI is InChI=1S/C18H25N3O2/c19-18(23)15-8-10-20(11-9-15)16-12-21(13-16)17(22)7-6-14-4-2-1-3-5-14/h1-5,15-16H,6-13H2,(H2,19,23). The maximum absolute atomic E-state index is 12.2. The number of likely N-dealkylation sites (tertiary alicyclic amines) is 2. The molecule has 0 radical (unpaired) electrons. The largest absolute Gasteiger partial charge is 0.369 e. The summed E-state index contributed by atoms with van der Waals surface area (Å²) < 4.78 is 0. The summed E-state index contributed by atoms with van der Waals surface area (Å²) in [5.74, 6) is 0.114. The molecule has 2 heterocycles. The molecule has 0 unspecified atom stereocenters. The van der Waals surface area contributed by atoms with Gasteiger partial charge in [0.15, 0.2) is 0 Å². The van der Waals surface area contributed by atoms with E-state index in [1.807, 2.05) is 23.1 Å². The lowest BCUT2D eigenvalue weighted by atomic mass is 9.93. The number of aryl methyl sites for hydroxylation is 1. The molecular formula is C18H25N3O2. The molecule has 124 valence electrons. The molecule has 0 bridgehead atoms. The van der Waals surface area contributed by atoms with Crippen LogP contribution in [0.2, 0.25) is 0 Å². The van der Waals surface area contributed by atoms with Gasteiger partial charge in [-0.3, -0.25) is 14.5 Å². The summed E-state index contributed by atoms with van der Waals surface area (Å²) in [6, 6.07) is 10.6. The number of nitrogens with zero attached hydrogens (tertiary/aromatic N) is 2. The van der Waals surface area contributed by atoms with Crippen LogP contribution in [0.15, 0.2) is 30.3 Å². The van der Waals surface area contributed by atoms with Crippen LogP contribution in [0, 0.1) is 5.92 Å². The minimum atomic E-state index is -0.170. The zero-order chi connectivity index (χ0) is 16.2. The Morgan fingerprint density at radius 3 is 2.35 bits per heavy atom. The topological polar surface area (TPSA) is 66.6 Å². The molecule has 2 saturated heterocycles. The zero-order valence-electron chi connectivity index (χ0n) is 13.5. The Bertz CT molecular complexity index is 547. The third-order valence-corrected chi connectivity index (χ3v) is 5.13. The summed E-state index contributed by atoms with van der Waals surface area (Å²) in [6.07, 6.45) is 3.10. The lowest BCUT2D eigenvalue weighted by molar-refractivity contribution is -0.139. The van der Waals surface area contributed by atoms with Crippen LogP contribution in [-0.2, 0) is 16.0 Å². The van der Waals surface area contributed by atoms with Crippen LogP contribution in [0.25, 0.3) is 0 Å². The van der Waals surface area contributed by atoms with Crippen molar-refractivity contribution in [3.63, 3.8) is 0 Å². The molecule has 2 amide bonds. The van der Waals surface area contributed by atoms with E-state index in [4.69, 9.17) is 5.73 Å². The lowest BCUT2D eigenvalue weighted by Crippen LogP contribution is -2.62. The van der Waals surface area contributed by atoms with Crippen molar-refractivity contribution < 1.29 is 9.59 Å². The predicted octanol–water partition coefficient (Wildman–Crippen LogP) is 1.03. The van der Waals surface area contributed by atoms with Gasteiger partial charge in [-0.15, -0.1) is 0 Å². The Balaban J connectivity index is 1.37. The van der Waals surface area contributed by atoms with Crippen LogP contribution in [0.5, 0.6) is 0 Å². The highest BCUT2D eigenvalue weighted by Gasteiger charge is 2.36. The average Bonchev–Trinajstić information content (AvgIpc) is 2.53. The molecule has 0 aromatic heterocycles. The van der Waals surface area contributed by atoms with E-state index in [0.29, 0.717) is 12.5 Å². The van der Waals surface area contributed by atoms with E-state index in [1.165, 1.54) is 5.56 Å². The summed E-state index contributed by atoms with van der Waals surface area (Å²) in [4.78, 5) is 27.8. The summed E-state index contributed by atoms with van der Waals surface area (Å²) >= 11 is 0. The van der Waals surface area contributed by atoms with Crippen molar-refractivity contribution in [2.75, 3.05) is 26.2 Å². The Labute approximate surface area is 137 Å². The number of benzene rings is 1. The van der Waals surface area contributed by atoms with Gasteiger partial charge in [0.05, 0.1) is 0 Å². The second-order valence-corrected chi connectivity index (χ2v) is 6.65. The van der Waals surface area contributed by atoms with Crippen molar-refractivity contribution in [3.8, 4) is 0 Å². The first-order chi connectivity index (χ1) is 11.1. The SMILES string of the molecule is NC(=O)C1CCN(C2CN(C(=O)CCc3ccccc3)C2)CC1. The Morgan fingerprint density at radius 2 is 1.74 bits per heavy atom. The van der Waals surface area contributed by atoms with Gasteiger partial charge >= 0.3 is 0 Å². The fraction of sp³-hybridized carbons (Fsp3) is 0.556. The molecule has 5 heteroatoms. The molecule has 23 heavy (non-hydrogen) atoms. The molecule has 3 rings (SSSR count). The minimum Gasteiger partial charge on any atom is -0.369 e. The van der Waals surface area contributed by atoms with Crippen LogP contribution in [0.1, 0.15) is 24.8 Å². The normalized spacial score (nSPS) is 20.3. The molecule has 2 aliphatic rings. The highest BCUT2D eigenvalue weighted by molar-refractivity contribution is 5.77. The molecule has 0 atom stereocenters. The van der Waals surface area contributed by atoms with Crippen LogP contribution in [0.3, 0.4) is 0 Å². The summed E-state index contributed by atoms with van der Waals surface area (Å²) in [5.41, 5.74) is 6.58. The number of piperidine rings is 1. The molecule has 2 fully saturated rings. The third kappa shape index (κ3) is 3.91. The number of carbonyl (C=O) groups is 2. The Hall–Kier alpha value is -1.88. The van der Waals surface area contributed by atoms with Crippen LogP contribution >= 0.6 is 0 Å². The van der Waals surface area contributed by atoms with Gasteiger partial charge < -0.3 is 10.6 Å². The van der Waals surface area contributed by atoms with E-state index >= 15 is 0 Å². The first-order valence-electron chi connectivity index (χ1n) is 8.48. The summed E-state index contributed by atoms with van der Waals surface area (Å²) in [7, 11) is 0. The smallest absolute Gasteiger partial charge is 0.223 e. The number of hydrogen-bond acceptors (Lipinski definition) is 3. The zero-order valence-corrected chi connectivity index (χ0v) is 13.5. The molecular weight excluding hydrogens is 290 g/mol. The average molecular weight is 315 g/mol. The first-order valence-corrected chi connectivity index (χ1v) is 8.48. The maximum atomic E-state index is 12.2. The van der Waals surface area contributed by atoms with E-state index in [1.54, 1.807) is 0 Å². The number of carbonyl (C=O) groups excluding carboxylic acids is 2. The monoisotopic (exact) mass is 315 g/mol. The number of rotatable bonds is 5. The van der Waals surface area contributed by atoms with Crippen molar-refractivity contribution in [1.29, 1.82) is 0 Å². The highest BCUT2D eigenvalue weighted by Crippen LogP contribution is 2.23. The number of amides is 2. The van der Waals surface area contributed by atoms with E-state index in [-0.39, 0.29) is 17.7 Å². The number of hydrogen-bond donors (Lipinski definition) is 1. The molecule has 0 spiro atoms. The van der Waals surface area contributed by atoms with E-state index in [0.717, 1.165) is 45.4 Å². The number of primary amides is 1. The van der Waals surface area contributed by atoms with E-state index in [2.05, 4.69) is 17.0 Å².